The molecule has 0 amide bonds. The third kappa shape index (κ3) is 3.94. The van der Waals surface area contributed by atoms with Crippen molar-refractivity contribution in [3.8, 4) is 0 Å². The van der Waals surface area contributed by atoms with Crippen LogP contribution in [0, 0.1) is 6.92 Å². The van der Waals surface area contributed by atoms with Crippen molar-refractivity contribution >= 4 is 10.0 Å². The van der Waals surface area contributed by atoms with Gasteiger partial charge in [-0.25, -0.2) is 18.1 Å². The molecule has 0 saturated heterocycles. The maximum atomic E-state index is 12.2. The number of aliphatic hydroxyl groups is 1. The Balaban J connectivity index is 2.05. The van der Waals surface area contributed by atoms with Crippen LogP contribution in [-0.2, 0) is 10.0 Å². The van der Waals surface area contributed by atoms with Gasteiger partial charge in [0.2, 0.25) is 0 Å². The van der Waals surface area contributed by atoms with E-state index in [1.807, 2.05) is 39.0 Å². The van der Waals surface area contributed by atoms with Crippen LogP contribution in [0.1, 0.15) is 37.1 Å². The zero-order valence-electron chi connectivity index (χ0n) is 12.9. The SMILES string of the molecule is Cc1cccc(C(O)CNS(=O)(=O)c2cn(C(C)C)cn2)c1. The summed E-state index contributed by atoms with van der Waals surface area (Å²) in [6.45, 7) is 5.69. The van der Waals surface area contributed by atoms with E-state index in [0.29, 0.717) is 5.56 Å². The standard InChI is InChI=1S/C15H21N3O3S/c1-11(2)18-9-15(16-10-18)22(20,21)17-8-14(19)13-6-4-5-12(3)7-13/h4-7,9-11,14,17,19H,8H2,1-3H3. The fourth-order valence-electron chi connectivity index (χ4n) is 2.00. The lowest BCUT2D eigenvalue weighted by Gasteiger charge is -2.12. The predicted molar refractivity (Wildman–Crippen MR) is 83.9 cm³/mol. The number of benzene rings is 1. The molecule has 0 aliphatic carbocycles. The van der Waals surface area contributed by atoms with Gasteiger partial charge >= 0.3 is 0 Å². The summed E-state index contributed by atoms with van der Waals surface area (Å²) >= 11 is 0. The molecule has 2 rings (SSSR count). The maximum absolute atomic E-state index is 12.2. The van der Waals surface area contributed by atoms with Gasteiger partial charge in [-0.3, -0.25) is 0 Å². The Kier molecular flexibility index (Phi) is 5.00. The first-order chi connectivity index (χ1) is 10.3. The maximum Gasteiger partial charge on any atom is 0.259 e. The molecule has 7 heteroatoms. The highest BCUT2D eigenvalue weighted by molar-refractivity contribution is 7.89. The van der Waals surface area contributed by atoms with Crippen molar-refractivity contribution in [3.63, 3.8) is 0 Å². The number of hydrogen-bond acceptors (Lipinski definition) is 4. The van der Waals surface area contributed by atoms with E-state index in [9.17, 15) is 13.5 Å². The normalized spacial score (nSPS) is 13.5. The van der Waals surface area contributed by atoms with Crippen molar-refractivity contribution in [2.45, 2.75) is 37.9 Å². The average molecular weight is 323 g/mol. The van der Waals surface area contributed by atoms with Crippen LogP contribution >= 0.6 is 0 Å². The van der Waals surface area contributed by atoms with Crippen molar-refractivity contribution < 1.29 is 13.5 Å². The zero-order chi connectivity index (χ0) is 16.3. The van der Waals surface area contributed by atoms with Crippen LogP contribution in [0.15, 0.2) is 41.8 Å². The number of nitrogens with zero attached hydrogens (tertiary/aromatic N) is 2. The van der Waals surface area contributed by atoms with Crippen LogP contribution in [0.25, 0.3) is 0 Å². The average Bonchev–Trinajstić information content (AvgIpc) is 2.95. The van der Waals surface area contributed by atoms with E-state index in [1.165, 1.54) is 12.5 Å². The second kappa shape index (κ2) is 6.60. The first kappa shape index (κ1) is 16.7. The first-order valence-corrected chi connectivity index (χ1v) is 8.55. The molecule has 2 N–H and O–H groups in total. The fourth-order valence-corrected chi connectivity index (χ4v) is 2.97. The summed E-state index contributed by atoms with van der Waals surface area (Å²) in [5.41, 5.74) is 1.69. The van der Waals surface area contributed by atoms with Crippen molar-refractivity contribution in [1.29, 1.82) is 0 Å². The Morgan fingerprint density at radius 2 is 2.09 bits per heavy atom. The smallest absolute Gasteiger partial charge is 0.259 e. The second-order valence-corrected chi connectivity index (χ2v) is 7.25. The predicted octanol–water partition coefficient (Wildman–Crippen LogP) is 1.78. The van der Waals surface area contributed by atoms with Crippen LogP contribution < -0.4 is 4.72 Å². The highest BCUT2D eigenvalue weighted by Gasteiger charge is 2.19. The first-order valence-electron chi connectivity index (χ1n) is 7.07. The molecule has 1 aromatic heterocycles. The molecular formula is C15H21N3O3S. The summed E-state index contributed by atoms with van der Waals surface area (Å²) in [6.07, 6.45) is 2.06. The third-order valence-electron chi connectivity index (χ3n) is 3.34. The van der Waals surface area contributed by atoms with Gasteiger partial charge in [-0.2, -0.15) is 0 Å². The molecule has 1 heterocycles. The largest absolute Gasteiger partial charge is 0.387 e. The molecule has 120 valence electrons. The molecule has 6 nitrogen and oxygen atoms in total. The van der Waals surface area contributed by atoms with E-state index in [0.717, 1.165) is 5.56 Å². The number of nitrogens with one attached hydrogen (secondary N) is 1. The summed E-state index contributed by atoms with van der Waals surface area (Å²) in [7, 11) is -3.73. The van der Waals surface area contributed by atoms with Crippen LogP contribution in [0.3, 0.4) is 0 Å². The number of rotatable bonds is 6. The molecule has 0 spiro atoms. The lowest BCUT2D eigenvalue weighted by Crippen LogP contribution is -2.28. The molecule has 0 aliphatic heterocycles. The van der Waals surface area contributed by atoms with Crippen LogP contribution in [0.4, 0.5) is 0 Å². The monoisotopic (exact) mass is 323 g/mol. The minimum atomic E-state index is -3.73. The summed E-state index contributed by atoms with van der Waals surface area (Å²) in [5, 5.41) is 10.1. The molecule has 1 unspecified atom stereocenters. The van der Waals surface area contributed by atoms with E-state index < -0.39 is 16.1 Å². The van der Waals surface area contributed by atoms with Crippen molar-refractivity contribution in [1.82, 2.24) is 14.3 Å². The lowest BCUT2D eigenvalue weighted by atomic mass is 10.1. The Hall–Kier alpha value is -1.70. The minimum Gasteiger partial charge on any atom is -0.387 e. The van der Waals surface area contributed by atoms with Gasteiger partial charge in [-0.05, 0) is 26.3 Å². The van der Waals surface area contributed by atoms with Gasteiger partial charge in [0.05, 0.1) is 12.4 Å². The summed E-state index contributed by atoms with van der Waals surface area (Å²) in [4.78, 5) is 3.90. The molecule has 0 radical (unpaired) electrons. The summed E-state index contributed by atoms with van der Waals surface area (Å²) in [5.74, 6) is 0. The van der Waals surface area contributed by atoms with Crippen molar-refractivity contribution in [3.05, 3.63) is 47.9 Å². The van der Waals surface area contributed by atoms with E-state index >= 15 is 0 Å². The van der Waals surface area contributed by atoms with Crippen LogP contribution in [0.2, 0.25) is 0 Å². The van der Waals surface area contributed by atoms with Gasteiger partial charge in [0.15, 0.2) is 5.03 Å². The number of sulfonamides is 1. The van der Waals surface area contributed by atoms with E-state index in [1.54, 1.807) is 10.6 Å². The van der Waals surface area contributed by atoms with Crippen LogP contribution in [0.5, 0.6) is 0 Å². The van der Waals surface area contributed by atoms with Gasteiger partial charge in [0.25, 0.3) is 10.0 Å². The molecule has 0 bridgehead atoms. The van der Waals surface area contributed by atoms with Gasteiger partial charge in [-0.15, -0.1) is 0 Å². The van der Waals surface area contributed by atoms with Gasteiger partial charge in [0.1, 0.15) is 0 Å². The number of aromatic nitrogens is 2. The summed E-state index contributed by atoms with van der Waals surface area (Å²) < 4.78 is 28.5. The molecule has 1 atom stereocenters. The molecular weight excluding hydrogens is 302 g/mol. The molecule has 0 saturated carbocycles. The van der Waals surface area contributed by atoms with Gasteiger partial charge in [-0.1, -0.05) is 29.8 Å². The van der Waals surface area contributed by atoms with E-state index in [4.69, 9.17) is 0 Å². The fraction of sp³-hybridized carbons (Fsp3) is 0.400. The molecule has 0 aliphatic rings. The lowest BCUT2D eigenvalue weighted by molar-refractivity contribution is 0.182. The number of aliphatic hydroxyl groups excluding tert-OH is 1. The third-order valence-corrected chi connectivity index (χ3v) is 4.65. The van der Waals surface area contributed by atoms with Crippen LogP contribution in [-0.4, -0.2) is 29.6 Å². The van der Waals surface area contributed by atoms with Gasteiger partial charge < -0.3 is 9.67 Å². The Morgan fingerprint density at radius 1 is 1.36 bits per heavy atom. The number of hydrogen-bond donors (Lipinski definition) is 2. The van der Waals surface area contributed by atoms with E-state index in [2.05, 4.69) is 9.71 Å². The quantitative estimate of drug-likeness (QED) is 0.849. The minimum absolute atomic E-state index is 0.0438. The van der Waals surface area contributed by atoms with Crippen molar-refractivity contribution in [2.75, 3.05) is 6.54 Å². The number of imidazole rings is 1. The zero-order valence-corrected chi connectivity index (χ0v) is 13.7. The Labute approximate surface area is 130 Å². The molecule has 22 heavy (non-hydrogen) atoms. The number of aryl methyl sites for hydroxylation is 1. The topological polar surface area (TPSA) is 84.2 Å². The highest BCUT2D eigenvalue weighted by atomic mass is 32.2. The molecule has 0 fully saturated rings. The Bertz CT molecular complexity index is 738. The van der Waals surface area contributed by atoms with E-state index in [-0.39, 0.29) is 17.6 Å². The molecule has 1 aromatic carbocycles. The van der Waals surface area contributed by atoms with Crippen molar-refractivity contribution in [2.24, 2.45) is 0 Å². The second-order valence-electron chi connectivity index (χ2n) is 5.53. The molecule has 2 aromatic rings. The highest BCUT2D eigenvalue weighted by Crippen LogP contribution is 2.15. The Morgan fingerprint density at radius 3 is 2.68 bits per heavy atom. The summed E-state index contributed by atoms with van der Waals surface area (Å²) in [6, 6.07) is 7.46. The van der Waals surface area contributed by atoms with Gasteiger partial charge in [0, 0.05) is 18.8 Å².